The molecule has 0 saturated heterocycles. The molecule has 1 heterocycles. The Morgan fingerprint density at radius 1 is 1.39 bits per heavy atom. The highest BCUT2D eigenvalue weighted by Crippen LogP contribution is 2.16. The van der Waals surface area contributed by atoms with Gasteiger partial charge in [-0.05, 0) is 26.7 Å². The van der Waals surface area contributed by atoms with Gasteiger partial charge in [0, 0.05) is 0 Å². The smallest absolute Gasteiger partial charge is 0.323 e. The zero-order chi connectivity index (χ0) is 13.8. The van der Waals surface area contributed by atoms with Gasteiger partial charge in [0.15, 0.2) is 0 Å². The summed E-state index contributed by atoms with van der Waals surface area (Å²) in [4.78, 5) is 15.8. The number of hydrogen-bond acceptors (Lipinski definition) is 4. The minimum atomic E-state index is -0.596. The van der Waals surface area contributed by atoms with Gasteiger partial charge in [-0.2, -0.15) is 4.98 Å². The van der Waals surface area contributed by atoms with Crippen molar-refractivity contribution in [3.05, 3.63) is 11.5 Å². The Morgan fingerprint density at radius 3 is 2.39 bits per heavy atom. The van der Waals surface area contributed by atoms with Crippen LogP contribution >= 0.6 is 0 Å². The Hall–Kier alpha value is -1.56. The second-order valence-corrected chi connectivity index (χ2v) is 4.39. The van der Waals surface area contributed by atoms with Crippen LogP contribution in [0.3, 0.4) is 0 Å². The summed E-state index contributed by atoms with van der Waals surface area (Å²) in [7, 11) is 0. The number of rotatable bonds is 5. The van der Waals surface area contributed by atoms with Crippen molar-refractivity contribution in [3.63, 3.8) is 0 Å². The Balaban J connectivity index is 2.66. The van der Waals surface area contributed by atoms with Crippen LogP contribution in [0.2, 0.25) is 0 Å². The number of nitrogens with zero attached hydrogens (tertiary/aromatic N) is 1. The van der Waals surface area contributed by atoms with Crippen LogP contribution in [0.25, 0.3) is 0 Å². The molecule has 0 atom stereocenters. The molecule has 6 nitrogen and oxygen atoms in total. The number of hydrogen-bond donors (Lipinski definition) is 3. The Labute approximate surface area is 107 Å². The highest BCUT2D eigenvalue weighted by molar-refractivity contribution is 5.87. The zero-order valence-electron chi connectivity index (χ0n) is 11.3. The lowest BCUT2D eigenvalue weighted by Crippen LogP contribution is -2.52. The van der Waals surface area contributed by atoms with Crippen LogP contribution in [0.4, 0.5) is 10.8 Å². The quantitative estimate of drug-likeness (QED) is 0.750. The van der Waals surface area contributed by atoms with Gasteiger partial charge in [0.2, 0.25) is 0 Å². The minimum Gasteiger partial charge on any atom is -0.428 e. The Kier molecular flexibility index (Phi) is 4.72. The van der Waals surface area contributed by atoms with E-state index in [1.54, 1.807) is 13.8 Å². The molecule has 3 N–H and O–H groups in total. The number of aromatic nitrogens is 1. The van der Waals surface area contributed by atoms with E-state index in [0.717, 1.165) is 5.69 Å². The van der Waals surface area contributed by atoms with E-state index in [0.29, 0.717) is 18.6 Å². The lowest BCUT2D eigenvalue weighted by molar-refractivity contribution is 0.155. The van der Waals surface area contributed by atoms with Crippen molar-refractivity contribution in [1.82, 2.24) is 10.3 Å². The SMILES string of the molecule is CCC(CC)(CO)NC(=O)Nc1nc(C)c(C)o1. The molecule has 0 unspecified atom stereocenters. The van der Waals surface area contributed by atoms with Gasteiger partial charge in [-0.3, -0.25) is 5.32 Å². The van der Waals surface area contributed by atoms with Gasteiger partial charge < -0.3 is 14.8 Å². The number of nitrogens with one attached hydrogen (secondary N) is 2. The third kappa shape index (κ3) is 3.22. The maximum Gasteiger partial charge on any atom is 0.323 e. The van der Waals surface area contributed by atoms with Crippen LogP contribution in [-0.4, -0.2) is 28.3 Å². The molecular weight excluding hydrogens is 234 g/mol. The second kappa shape index (κ2) is 5.86. The summed E-state index contributed by atoms with van der Waals surface area (Å²) in [5.74, 6) is 0.671. The van der Waals surface area contributed by atoms with Crippen molar-refractivity contribution >= 4 is 12.0 Å². The maximum atomic E-state index is 11.8. The van der Waals surface area contributed by atoms with Gasteiger partial charge >= 0.3 is 12.0 Å². The number of anilines is 1. The molecule has 0 aromatic carbocycles. The summed E-state index contributed by atoms with van der Waals surface area (Å²) in [5, 5.41) is 14.6. The van der Waals surface area contributed by atoms with Gasteiger partial charge in [0.1, 0.15) is 5.76 Å². The number of aliphatic hydroxyl groups excluding tert-OH is 1. The van der Waals surface area contributed by atoms with E-state index in [2.05, 4.69) is 15.6 Å². The number of aliphatic hydroxyl groups is 1. The number of oxazole rings is 1. The highest BCUT2D eigenvalue weighted by Gasteiger charge is 2.27. The summed E-state index contributed by atoms with van der Waals surface area (Å²) in [5.41, 5.74) is 0.144. The fourth-order valence-electron chi connectivity index (χ4n) is 1.59. The number of aryl methyl sites for hydroxylation is 2. The van der Waals surface area contributed by atoms with Gasteiger partial charge in [-0.25, -0.2) is 4.79 Å². The molecule has 102 valence electrons. The normalized spacial score (nSPS) is 11.4. The van der Waals surface area contributed by atoms with Crippen molar-refractivity contribution in [2.45, 2.75) is 46.1 Å². The lowest BCUT2D eigenvalue weighted by Gasteiger charge is -2.30. The van der Waals surface area contributed by atoms with Crippen molar-refractivity contribution in [3.8, 4) is 0 Å². The molecule has 0 radical (unpaired) electrons. The Morgan fingerprint density at radius 2 is 2.00 bits per heavy atom. The maximum absolute atomic E-state index is 11.8. The van der Waals surface area contributed by atoms with Gasteiger partial charge in [0.25, 0.3) is 0 Å². The van der Waals surface area contributed by atoms with E-state index in [9.17, 15) is 9.90 Å². The predicted molar refractivity (Wildman–Crippen MR) is 68.5 cm³/mol. The molecule has 0 bridgehead atoms. The standard InChI is InChI=1S/C12H21N3O3/c1-5-12(6-2,7-16)15-10(17)14-11-13-8(3)9(4)18-11/h16H,5-7H2,1-4H3,(H2,13,14,15,17). The molecule has 18 heavy (non-hydrogen) atoms. The summed E-state index contributed by atoms with van der Waals surface area (Å²) in [6.07, 6.45) is 1.30. The first-order valence-electron chi connectivity index (χ1n) is 6.10. The van der Waals surface area contributed by atoms with Crippen LogP contribution in [-0.2, 0) is 0 Å². The van der Waals surface area contributed by atoms with E-state index >= 15 is 0 Å². The van der Waals surface area contributed by atoms with Crippen molar-refractivity contribution in [2.75, 3.05) is 11.9 Å². The van der Waals surface area contributed by atoms with E-state index in [1.807, 2.05) is 13.8 Å². The van der Waals surface area contributed by atoms with Crippen LogP contribution in [0, 0.1) is 13.8 Å². The van der Waals surface area contributed by atoms with Crippen LogP contribution in [0.5, 0.6) is 0 Å². The van der Waals surface area contributed by atoms with E-state index in [1.165, 1.54) is 0 Å². The predicted octanol–water partition coefficient (Wildman–Crippen LogP) is 1.96. The molecule has 0 fully saturated rings. The lowest BCUT2D eigenvalue weighted by atomic mass is 9.94. The molecule has 1 rings (SSSR count). The molecule has 0 aliphatic carbocycles. The van der Waals surface area contributed by atoms with Gasteiger partial charge in [-0.1, -0.05) is 13.8 Å². The number of carbonyl (C=O) groups excluding carboxylic acids is 1. The monoisotopic (exact) mass is 255 g/mol. The average molecular weight is 255 g/mol. The van der Waals surface area contributed by atoms with Crippen LogP contribution < -0.4 is 10.6 Å². The fourth-order valence-corrected chi connectivity index (χ4v) is 1.59. The molecule has 0 saturated carbocycles. The highest BCUT2D eigenvalue weighted by atomic mass is 16.4. The van der Waals surface area contributed by atoms with Crippen LogP contribution in [0.15, 0.2) is 4.42 Å². The summed E-state index contributed by atoms with van der Waals surface area (Å²) < 4.78 is 5.25. The summed E-state index contributed by atoms with van der Waals surface area (Å²) >= 11 is 0. The number of urea groups is 1. The minimum absolute atomic E-state index is 0.100. The zero-order valence-corrected chi connectivity index (χ0v) is 11.3. The Bertz CT molecular complexity index is 383. The van der Waals surface area contributed by atoms with Crippen molar-refractivity contribution in [2.24, 2.45) is 0 Å². The van der Waals surface area contributed by atoms with Gasteiger partial charge in [0.05, 0.1) is 17.8 Å². The molecule has 2 amide bonds. The fraction of sp³-hybridized carbons (Fsp3) is 0.667. The largest absolute Gasteiger partial charge is 0.428 e. The van der Waals surface area contributed by atoms with Crippen molar-refractivity contribution in [1.29, 1.82) is 0 Å². The first-order chi connectivity index (χ1) is 8.46. The van der Waals surface area contributed by atoms with Crippen molar-refractivity contribution < 1.29 is 14.3 Å². The third-order valence-electron chi connectivity index (χ3n) is 3.28. The van der Waals surface area contributed by atoms with E-state index in [-0.39, 0.29) is 12.6 Å². The van der Waals surface area contributed by atoms with E-state index in [4.69, 9.17) is 4.42 Å². The first kappa shape index (κ1) is 14.5. The average Bonchev–Trinajstić information content (AvgIpc) is 2.65. The molecule has 0 aliphatic heterocycles. The van der Waals surface area contributed by atoms with Gasteiger partial charge in [-0.15, -0.1) is 0 Å². The molecule has 6 heteroatoms. The second-order valence-electron chi connectivity index (χ2n) is 4.39. The number of amides is 2. The summed E-state index contributed by atoms with van der Waals surface area (Å²) in [6.45, 7) is 7.31. The first-order valence-corrected chi connectivity index (χ1v) is 6.10. The van der Waals surface area contributed by atoms with E-state index < -0.39 is 11.6 Å². The molecule has 0 spiro atoms. The topological polar surface area (TPSA) is 87.4 Å². The summed E-state index contributed by atoms with van der Waals surface area (Å²) in [6, 6.07) is -0.254. The third-order valence-corrected chi connectivity index (χ3v) is 3.28. The van der Waals surface area contributed by atoms with Crippen LogP contribution in [0.1, 0.15) is 38.1 Å². The number of carbonyl (C=O) groups is 1. The molecule has 0 aliphatic rings. The molecular formula is C12H21N3O3. The molecule has 1 aromatic heterocycles. The molecule has 1 aromatic rings.